The first-order valence-electron chi connectivity index (χ1n) is 11.1. The Kier molecular flexibility index (Phi) is 5.60. The Morgan fingerprint density at radius 2 is 1.55 bits per heavy atom. The minimum atomic E-state index is -3.89. The maximum Gasteiger partial charge on any atom is 0.251 e. The number of hydrogen-bond donors (Lipinski definition) is 1. The van der Waals surface area contributed by atoms with Gasteiger partial charge in [0.05, 0.1) is 15.8 Å². The molecular formula is C26H24N2O4S. The minimum Gasteiger partial charge on any atom is -0.350 e. The Bertz CT molecular complexity index is 1330. The molecule has 3 aromatic carbocycles. The minimum absolute atomic E-state index is 0.0155. The number of carbonyl (C=O) groups is 2. The zero-order valence-electron chi connectivity index (χ0n) is 18.0. The summed E-state index contributed by atoms with van der Waals surface area (Å²) in [7, 11) is -3.89. The van der Waals surface area contributed by atoms with Gasteiger partial charge in [0.25, 0.3) is 5.91 Å². The van der Waals surface area contributed by atoms with Crippen LogP contribution in [0.3, 0.4) is 0 Å². The van der Waals surface area contributed by atoms with Crippen LogP contribution in [0.15, 0.2) is 82.6 Å². The van der Waals surface area contributed by atoms with E-state index < -0.39 is 9.84 Å². The average Bonchev–Trinajstić information content (AvgIpc) is 3.38. The Hall–Kier alpha value is -3.29. The smallest absolute Gasteiger partial charge is 0.251 e. The Labute approximate surface area is 193 Å². The second-order valence-corrected chi connectivity index (χ2v) is 10.3. The highest BCUT2D eigenvalue weighted by atomic mass is 32.2. The monoisotopic (exact) mass is 460 g/mol. The van der Waals surface area contributed by atoms with Crippen molar-refractivity contribution in [1.29, 1.82) is 0 Å². The van der Waals surface area contributed by atoms with E-state index in [4.69, 9.17) is 0 Å². The van der Waals surface area contributed by atoms with Crippen LogP contribution in [0, 0.1) is 0 Å². The number of ketones is 1. The van der Waals surface area contributed by atoms with Crippen LogP contribution >= 0.6 is 0 Å². The number of likely N-dealkylation sites (tertiary alicyclic amines) is 1. The third-order valence-corrected chi connectivity index (χ3v) is 8.27. The van der Waals surface area contributed by atoms with Crippen LogP contribution in [-0.4, -0.2) is 44.6 Å². The number of nitrogens with zero attached hydrogens (tertiary/aromatic N) is 1. The van der Waals surface area contributed by atoms with E-state index in [2.05, 4.69) is 22.3 Å². The van der Waals surface area contributed by atoms with Crippen molar-refractivity contribution in [3.05, 3.63) is 95.1 Å². The number of hydrogen-bond acceptors (Lipinski definition) is 5. The number of nitrogens with one attached hydrogen (secondary N) is 1. The Morgan fingerprint density at radius 1 is 0.879 bits per heavy atom. The van der Waals surface area contributed by atoms with Gasteiger partial charge in [0, 0.05) is 23.2 Å². The summed E-state index contributed by atoms with van der Waals surface area (Å²) in [6.45, 7) is 2.37. The molecule has 0 radical (unpaired) electrons. The molecule has 168 valence electrons. The highest BCUT2D eigenvalue weighted by Gasteiger charge is 2.35. The number of sulfone groups is 1. The van der Waals surface area contributed by atoms with Crippen LogP contribution < -0.4 is 5.32 Å². The van der Waals surface area contributed by atoms with Crippen molar-refractivity contribution in [2.45, 2.75) is 28.7 Å². The summed E-state index contributed by atoms with van der Waals surface area (Å²) in [5.74, 6) is -0.708. The second kappa shape index (κ2) is 8.57. The Balaban J connectivity index is 1.41. The van der Waals surface area contributed by atoms with Crippen molar-refractivity contribution in [2.75, 3.05) is 19.6 Å². The first-order chi connectivity index (χ1) is 16.0. The van der Waals surface area contributed by atoms with Crippen LogP contribution in [-0.2, 0) is 9.84 Å². The van der Waals surface area contributed by atoms with Crippen LogP contribution in [0.25, 0.3) is 0 Å². The van der Waals surface area contributed by atoms with Gasteiger partial charge >= 0.3 is 0 Å². The molecule has 1 fully saturated rings. The van der Waals surface area contributed by atoms with Gasteiger partial charge in [-0.2, -0.15) is 0 Å². The normalized spacial score (nSPS) is 17.8. The van der Waals surface area contributed by atoms with Gasteiger partial charge in [-0.1, -0.05) is 42.5 Å². The summed E-state index contributed by atoms with van der Waals surface area (Å²) in [4.78, 5) is 28.1. The van der Waals surface area contributed by atoms with Crippen LogP contribution in [0.2, 0.25) is 0 Å². The van der Waals surface area contributed by atoms with E-state index in [9.17, 15) is 18.0 Å². The highest BCUT2D eigenvalue weighted by molar-refractivity contribution is 7.91. The van der Waals surface area contributed by atoms with Crippen LogP contribution in [0.4, 0.5) is 0 Å². The van der Waals surface area contributed by atoms with Gasteiger partial charge in [-0.25, -0.2) is 8.42 Å². The van der Waals surface area contributed by atoms with Crippen molar-refractivity contribution in [2.24, 2.45) is 0 Å². The first-order valence-corrected chi connectivity index (χ1v) is 12.6. The lowest BCUT2D eigenvalue weighted by molar-refractivity contribution is 0.0936. The fraction of sp³-hybridized carbons (Fsp3) is 0.231. The van der Waals surface area contributed by atoms with E-state index in [0.717, 1.165) is 31.5 Å². The first kappa shape index (κ1) is 21.6. The molecule has 0 spiro atoms. The largest absolute Gasteiger partial charge is 0.350 e. The number of fused-ring (bicyclic) bond motifs is 2. The summed E-state index contributed by atoms with van der Waals surface area (Å²) in [5.41, 5.74) is 1.62. The highest BCUT2D eigenvalue weighted by Crippen LogP contribution is 2.34. The summed E-state index contributed by atoms with van der Waals surface area (Å²) in [5, 5.41) is 2.98. The Morgan fingerprint density at radius 3 is 2.30 bits per heavy atom. The summed E-state index contributed by atoms with van der Waals surface area (Å²) in [6.07, 6.45) is 2.27. The van der Waals surface area contributed by atoms with Gasteiger partial charge in [-0.3, -0.25) is 14.5 Å². The number of amides is 1. The zero-order valence-corrected chi connectivity index (χ0v) is 18.8. The third-order valence-electron chi connectivity index (χ3n) is 6.42. The van der Waals surface area contributed by atoms with Crippen molar-refractivity contribution >= 4 is 21.5 Å². The van der Waals surface area contributed by atoms with E-state index in [1.807, 2.05) is 18.2 Å². The van der Waals surface area contributed by atoms with Crippen molar-refractivity contribution in [3.63, 3.8) is 0 Å². The fourth-order valence-electron chi connectivity index (χ4n) is 4.70. The molecule has 2 aliphatic heterocycles. The molecule has 6 nitrogen and oxygen atoms in total. The van der Waals surface area contributed by atoms with E-state index in [1.54, 1.807) is 12.1 Å². The predicted octanol–water partition coefficient (Wildman–Crippen LogP) is 3.63. The molecule has 0 saturated carbocycles. The molecule has 0 aromatic heterocycles. The lowest BCUT2D eigenvalue weighted by atomic mass is 10.0. The van der Waals surface area contributed by atoms with Crippen LogP contribution in [0.5, 0.6) is 0 Å². The molecule has 33 heavy (non-hydrogen) atoms. The van der Waals surface area contributed by atoms with Crippen molar-refractivity contribution in [3.8, 4) is 0 Å². The number of benzene rings is 3. The molecule has 0 bridgehead atoms. The number of rotatable bonds is 5. The molecule has 1 saturated heterocycles. The predicted molar refractivity (Wildman–Crippen MR) is 124 cm³/mol. The van der Waals surface area contributed by atoms with E-state index in [0.29, 0.717) is 6.54 Å². The van der Waals surface area contributed by atoms with Gasteiger partial charge in [0.1, 0.15) is 0 Å². The summed E-state index contributed by atoms with van der Waals surface area (Å²) in [6, 6.07) is 20.6. The summed E-state index contributed by atoms with van der Waals surface area (Å²) >= 11 is 0. The second-order valence-electron chi connectivity index (χ2n) is 8.42. The molecule has 0 unspecified atom stereocenters. The molecule has 1 N–H and O–H groups in total. The fourth-order valence-corrected chi connectivity index (χ4v) is 6.38. The van der Waals surface area contributed by atoms with E-state index >= 15 is 0 Å². The lowest BCUT2D eigenvalue weighted by Gasteiger charge is -2.28. The maximum atomic E-state index is 13.2. The van der Waals surface area contributed by atoms with Gasteiger partial charge < -0.3 is 5.32 Å². The quantitative estimate of drug-likeness (QED) is 0.492. The molecule has 2 heterocycles. The molecule has 1 amide bonds. The maximum absolute atomic E-state index is 13.2. The molecule has 0 aliphatic carbocycles. The zero-order chi connectivity index (χ0) is 23.0. The lowest BCUT2D eigenvalue weighted by Crippen LogP contribution is -2.37. The van der Waals surface area contributed by atoms with Gasteiger partial charge in [-0.15, -0.1) is 0 Å². The van der Waals surface area contributed by atoms with Crippen molar-refractivity contribution in [1.82, 2.24) is 10.2 Å². The van der Waals surface area contributed by atoms with Gasteiger partial charge in [0.15, 0.2) is 5.78 Å². The topological polar surface area (TPSA) is 83.6 Å². The summed E-state index contributed by atoms with van der Waals surface area (Å²) < 4.78 is 26.3. The average molecular weight is 461 g/mol. The molecule has 3 aromatic rings. The number of carbonyl (C=O) groups excluding carboxylic acids is 2. The standard InChI is InChI=1S/C26H24N2O4S/c29-25-20-10-4-5-11-23(20)33(31,32)24-16-19(12-13-21(24)25)26(30)27-17-22(28-14-6-7-15-28)18-8-2-1-3-9-18/h1-5,8-13,16,22H,6-7,14-15,17H2,(H,27,30)/t22-/m0/s1. The third kappa shape index (κ3) is 3.87. The van der Waals surface area contributed by atoms with E-state index in [1.165, 1.54) is 30.3 Å². The van der Waals surface area contributed by atoms with Crippen LogP contribution in [0.1, 0.15) is 50.7 Å². The van der Waals surface area contributed by atoms with Crippen molar-refractivity contribution < 1.29 is 18.0 Å². The molecular weight excluding hydrogens is 436 g/mol. The molecule has 7 heteroatoms. The van der Waals surface area contributed by atoms with Gasteiger partial charge in [-0.05, 0) is 61.8 Å². The molecule has 5 rings (SSSR count). The molecule has 1 atom stereocenters. The SMILES string of the molecule is O=C(NC[C@@H](c1ccccc1)N1CCCC1)c1ccc2c(c1)S(=O)(=O)c1ccccc1C2=O. The van der Waals surface area contributed by atoms with E-state index in [-0.39, 0.29) is 44.2 Å². The molecule has 2 aliphatic rings. The van der Waals surface area contributed by atoms with Gasteiger partial charge in [0.2, 0.25) is 9.84 Å².